The number of hydrogen-bond acceptors (Lipinski definition) is 7. The fourth-order valence-corrected chi connectivity index (χ4v) is 4.95. The quantitative estimate of drug-likeness (QED) is 0.333. The molecule has 8 nitrogen and oxygen atoms in total. The summed E-state index contributed by atoms with van der Waals surface area (Å²) in [5, 5.41) is 17.4. The lowest BCUT2D eigenvalue weighted by Gasteiger charge is -2.23. The third-order valence-corrected chi connectivity index (χ3v) is 6.67. The summed E-state index contributed by atoms with van der Waals surface area (Å²) in [7, 11) is 0. The number of nitrogens with one attached hydrogen (secondary N) is 1. The summed E-state index contributed by atoms with van der Waals surface area (Å²) in [6, 6.07) is 9.08. The van der Waals surface area contributed by atoms with Crippen LogP contribution in [0.15, 0.2) is 42.9 Å². The largest absolute Gasteiger partial charge is 0.468 e. The van der Waals surface area contributed by atoms with Crippen molar-refractivity contribution in [1.29, 1.82) is 5.26 Å². The van der Waals surface area contributed by atoms with Gasteiger partial charge in [0.25, 0.3) is 0 Å². The van der Waals surface area contributed by atoms with Gasteiger partial charge in [-0.15, -0.1) is 0 Å². The number of H-pyrrole nitrogens is 1. The van der Waals surface area contributed by atoms with Crippen LogP contribution in [0, 0.1) is 17.1 Å². The zero-order valence-electron chi connectivity index (χ0n) is 18.4. The topological polar surface area (TPSA) is 117 Å². The Labute approximate surface area is 210 Å². The average Bonchev–Trinajstić information content (AvgIpc) is 3.46. The summed E-state index contributed by atoms with van der Waals surface area (Å²) in [4.78, 5) is 10.7. The van der Waals surface area contributed by atoms with E-state index in [2.05, 4.69) is 31.1 Å². The predicted octanol–water partition coefficient (Wildman–Crippen LogP) is 5.38. The van der Waals surface area contributed by atoms with E-state index in [-0.39, 0.29) is 21.8 Å². The highest BCUT2D eigenvalue weighted by molar-refractivity contribution is 6.35. The highest BCUT2D eigenvalue weighted by Crippen LogP contribution is 2.35. The van der Waals surface area contributed by atoms with E-state index < -0.39 is 12.0 Å². The van der Waals surface area contributed by atoms with E-state index in [1.165, 1.54) is 24.5 Å². The number of halogens is 3. The van der Waals surface area contributed by atoms with Crippen molar-refractivity contribution in [3.05, 3.63) is 64.3 Å². The first-order chi connectivity index (χ1) is 17.0. The van der Waals surface area contributed by atoms with E-state index >= 15 is 0 Å². The predicted molar refractivity (Wildman–Crippen MR) is 132 cm³/mol. The second-order valence-corrected chi connectivity index (χ2v) is 9.03. The fourth-order valence-electron chi connectivity index (χ4n) is 4.37. The van der Waals surface area contributed by atoms with Crippen LogP contribution in [0.1, 0.15) is 31.1 Å². The third-order valence-electron chi connectivity index (χ3n) is 6.06. The summed E-state index contributed by atoms with van der Waals surface area (Å²) in [6.07, 6.45) is 5.88. The molecule has 3 N–H and O–H groups in total. The van der Waals surface area contributed by atoms with Crippen molar-refractivity contribution in [2.45, 2.75) is 31.5 Å². The van der Waals surface area contributed by atoms with E-state index in [1.807, 2.05) is 12.1 Å². The van der Waals surface area contributed by atoms with E-state index in [0.29, 0.717) is 28.6 Å². The van der Waals surface area contributed by atoms with Gasteiger partial charge in [-0.05, 0) is 31.0 Å². The van der Waals surface area contributed by atoms with Crippen molar-refractivity contribution in [1.82, 2.24) is 20.2 Å². The monoisotopic (exact) mass is 511 g/mol. The Kier molecular flexibility index (Phi) is 6.43. The van der Waals surface area contributed by atoms with Crippen LogP contribution < -0.4 is 15.4 Å². The maximum absolute atomic E-state index is 14.8. The first-order valence-corrected chi connectivity index (χ1v) is 11.7. The zero-order chi connectivity index (χ0) is 24.5. The van der Waals surface area contributed by atoms with E-state index in [4.69, 9.17) is 38.9 Å². The Morgan fingerprint density at radius 1 is 1.26 bits per heavy atom. The van der Waals surface area contributed by atoms with Crippen molar-refractivity contribution in [3.63, 3.8) is 0 Å². The Hall–Kier alpha value is -3.45. The van der Waals surface area contributed by atoms with Crippen molar-refractivity contribution in [2.24, 2.45) is 5.73 Å². The van der Waals surface area contributed by atoms with Crippen molar-refractivity contribution in [3.8, 4) is 23.1 Å². The number of nitrogens with zero attached hydrogens (tertiary/aromatic N) is 5. The number of anilines is 1. The van der Waals surface area contributed by atoms with Crippen molar-refractivity contribution < 1.29 is 9.13 Å². The van der Waals surface area contributed by atoms with Crippen molar-refractivity contribution in [2.75, 3.05) is 11.4 Å². The SMILES string of the molecule is N#CC[C@H]1CCCN1c1ccc(-c2n[nH]c3cc(F)c(O[C@H](N)c4c(Cl)cncc4Cl)cc23)cn1. The number of aromatic amines is 1. The number of pyridine rings is 2. The van der Waals surface area contributed by atoms with Gasteiger partial charge in [-0.3, -0.25) is 15.8 Å². The minimum absolute atomic E-state index is 0.0717. The Morgan fingerprint density at radius 3 is 2.77 bits per heavy atom. The molecule has 3 aromatic heterocycles. The molecule has 1 aliphatic heterocycles. The summed E-state index contributed by atoms with van der Waals surface area (Å²) in [6.45, 7) is 0.871. The minimum Gasteiger partial charge on any atom is -0.468 e. The lowest BCUT2D eigenvalue weighted by molar-refractivity contribution is 0.205. The van der Waals surface area contributed by atoms with E-state index in [1.54, 1.807) is 6.20 Å². The molecule has 0 bridgehead atoms. The molecular weight excluding hydrogens is 492 g/mol. The molecule has 4 aromatic rings. The van der Waals surface area contributed by atoms with Gasteiger partial charge in [0.15, 0.2) is 17.8 Å². The van der Waals surface area contributed by atoms with Crippen LogP contribution in [0.5, 0.6) is 5.75 Å². The lowest BCUT2D eigenvalue weighted by Crippen LogP contribution is -2.29. The molecule has 2 atom stereocenters. The normalized spacial score (nSPS) is 16.4. The Morgan fingerprint density at radius 2 is 2.06 bits per heavy atom. The second kappa shape index (κ2) is 9.66. The molecule has 0 spiro atoms. The molecule has 0 amide bonds. The maximum Gasteiger partial charge on any atom is 0.177 e. The zero-order valence-corrected chi connectivity index (χ0v) is 19.9. The first kappa shape index (κ1) is 23.3. The number of nitriles is 1. The smallest absolute Gasteiger partial charge is 0.177 e. The molecule has 11 heteroatoms. The van der Waals surface area contributed by atoms with Gasteiger partial charge in [0, 0.05) is 53.8 Å². The molecule has 1 aromatic carbocycles. The van der Waals surface area contributed by atoms with Crippen LogP contribution in [-0.2, 0) is 0 Å². The van der Waals surface area contributed by atoms with Gasteiger partial charge in [-0.2, -0.15) is 10.4 Å². The summed E-state index contributed by atoms with van der Waals surface area (Å²) in [5.74, 6) is 0.131. The van der Waals surface area contributed by atoms with Crippen molar-refractivity contribution >= 4 is 39.9 Å². The van der Waals surface area contributed by atoms with Gasteiger partial charge in [0.1, 0.15) is 11.5 Å². The molecular formula is C24H20Cl2FN7O. The number of nitrogens with two attached hydrogens (primary N) is 1. The summed E-state index contributed by atoms with van der Waals surface area (Å²) >= 11 is 12.3. The van der Waals surface area contributed by atoms with Crippen LogP contribution in [-0.4, -0.2) is 32.8 Å². The van der Waals surface area contributed by atoms with Crippen LogP contribution in [0.2, 0.25) is 10.0 Å². The van der Waals surface area contributed by atoms with Crippen LogP contribution >= 0.6 is 23.2 Å². The average molecular weight is 512 g/mol. The molecule has 4 heterocycles. The third kappa shape index (κ3) is 4.48. The molecule has 0 unspecified atom stereocenters. The molecule has 0 aliphatic carbocycles. The van der Waals surface area contributed by atoms with Gasteiger partial charge >= 0.3 is 0 Å². The second-order valence-electron chi connectivity index (χ2n) is 8.21. The van der Waals surface area contributed by atoms with Gasteiger partial charge < -0.3 is 9.64 Å². The molecule has 35 heavy (non-hydrogen) atoms. The fraction of sp³-hybridized carbons (Fsp3) is 0.250. The Balaban J connectivity index is 1.44. The molecule has 178 valence electrons. The summed E-state index contributed by atoms with van der Waals surface area (Å²) in [5.41, 5.74) is 8.28. The number of aromatic nitrogens is 4. The molecule has 1 fully saturated rings. The van der Waals surface area contributed by atoms with Crippen LogP contribution in [0.4, 0.5) is 10.2 Å². The molecule has 0 saturated carbocycles. The minimum atomic E-state index is -1.11. The van der Waals surface area contributed by atoms with E-state index in [0.717, 1.165) is 30.8 Å². The number of benzene rings is 1. The lowest BCUT2D eigenvalue weighted by atomic mass is 10.1. The number of hydrogen-bond donors (Lipinski definition) is 2. The number of fused-ring (bicyclic) bond motifs is 1. The molecule has 5 rings (SSSR count). The maximum atomic E-state index is 14.8. The highest BCUT2D eigenvalue weighted by atomic mass is 35.5. The first-order valence-electron chi connectivity index (χ1n) is 10.9. The van der Waals surface area contributed by atoms with Gasteiger partial charge in [-0.25, -0.2) is 9.37 Å². The van der Waals surface area contributed by atoms with Gasteiger partial charge in [0.05, 0.1) is 28.1 Å². The Bertz CT molecular complexity index is 1400. The van der Waals surface area contributed by atoms with Gasteiger partial charge in [-0.1, -0.05) is 23.2 Å². The number of ether oxygens (including phenoxy) is 1. The molecule has 1 saturated heterocycles. The molecule has 0 radical (unpaired) electrons. The highest BCUT2D eigenvalue weighted by Gasteiger charge is 2.25. The van der Waals surface area contributed by atoms with Crippen LogP contribution in [0.25, 0.3) is 22.2 Å². The standard InChI is InChI=1S/C24H20Cl2FN7O/c25-16-11-30-12-17(26)22(16)24(29)35-20-8-15-19(9-18(20)27)32-33-23(15)13-3-4-21(31-10-13)34-7-1-2-14(34)5-6-28/h3-4,8-12,14,24H,1-2,5,7,29H2,(H,32,33)/t14-,24+/m1/s1. The number of rotatable bonds is 6. The van der Waals surface area contributed by atoms with Crippen LogP contribution in [0.3, 0.4) is 0 Å². The van der Waals surface area contributed by atoms with E-state index in [9.17, 15) is 4.39 Å². The summed E-state index contributed by atoms with van der Waals surface area (Å²) < 4.78 is 20.5. The molecule has 1 aliphatic rings. The van der Waals surface area contributed by atoms with Gasteiger partial charge in [0.2, 0.25) is 0 Å².